The maximum absolute atomic E-state index is 13.3. The largest absolute Gasteiger partial charge is 0.481 e. The van der Waals surface area contributed by atoms with E-state index in [1.165, 1.54) is 6.07 Å². The monoisotopic (exact) mass is 257 g/mol. The van der Waals surface area contributed by atoms with Gasteiger partial charge >= 0.3 is 5.97 Å². The molecule has 1 aromatic rings. The van der Waals surface area contributed by atoms with Crippen LogP contribution in [0.4, 0.5) is 8.78 Å². The van der Waals surface area contributed by atoms with Crippen molar-refractivity contribution in [2.75, 3.05) is 6.54 Å². The molecule has 2 N–H and O–H groups in total. The number of rotatable bonds is 5. The fourth-order valence-electron chi connectivity index (χ4n) is 1.40. The topological polar surface area (TPSA) is 66.4 Å². The first-order chi connectivity index (χ1) is 8.47. The van der Waals surface area contributed by atoms with Crippen LogP contribution in [-0.2, 0) is 4.79 Å². The molecule has 6 heteroatoms. The van der Waals surface area contributed by atoms with Crippen molar-refractivity contribution in [2.45, 2.75) is 13.3 Å². The Labute approximate surface area is 103 Å². The van der Waals surface area contributed by atoms with Crippen molar-refractivity contribution in [3.8, 4) is 0 Å². The minimum absolute atomic E-state index is 0.124. The molecule has 4 nitrogen and oxygen atoms in total. The lowest BCUT2D eigenvalue weighted by molar-refractivity contribution is -0.141. The molecule has 98 valence electrons. The molecule has 1 rings (SSSR count). The fraction of sp³-hybridized carbons (Fsp3) is 0.333. The van der Waals surface area contributed by atoms with Gasteiger partial charge in [-0.05, 0) is 18.6 Å². The summed E-state index contributed by atoms with van der Waals surface area (Å²) in [5.74, 6) is -4.97. The second-order valence-corrected chi connectivity index (χ2v) is 3.75. The summed E-state index contributed by atoms with van der Waals surface area (Å²) < 4.78 is 26.1. The van der Waals surface area contributed by atoms with Crippen LogP contribution in [0.1, 0.15) is 23.7 Å². The molecule has 0 saturated heterocycles. The second-order valence-electron chi connectivity index (χ2n) is 3.75. The van der Waals surface area contributed by atoms with Gasteiger partial charge in [0.15, 0.2) is 11.6 Å². The zero-order valence-electron chi connectivity index (χ0n) is 9.74. The molecule has 0 aromatic heterocycles. The van der Waals surface area contributed by atoms with Crippen molar-refractivity contribution < 1.29 is 23.5 Å². The Kier molecular flexibility index (Phi) is 4.76. The number of carboxylic acids is 1. The summed E-state index contributed by atoms with van der Waals surface area (Å²) in [5.41, 5.74) is -0.435. The van der Waals surface area contributed by atoms with Crippen LogP contribution in [0.25, 0.3) is 0 Å². The molecular formula is C12H13F2NO3. The molecule has 0 fully saturated rings. The van der Waals surface area contributed by atoms with E-state index in [0.29, 0.717) is 6.42 Å². The molecular weight excluding hydrogens is 244 g/mol. The first kappa shape index (κ1) is 14.1. The highest BCUT2D eigenvalue weighted by Gasteiger charge is 2.19. The summed E-state index contributed by atoms with van der Waals surface area (Å²) in [6, 6.07) is 3.25. The van der Waals surface area contributed by atoms with Gasteiger partial charge in [-0.2, -0.15) is 0 Å². The molecule has 0 radical (unpaired) electrons. The maximum Gasteiger partial charge on any atom is 0.308 e. The Morgan fingerprint density at radius 1 is 1.39 bits per heavy atom. The molecule has 0 spiro atoms. The van der Waals surface area contributed by atoms with Gasteiger partial charge in [0, 0.05) is 6.54 Å². The Hall–Kier alpha value is -1.98. The third-order valence-corrected chi connectivity index (χ3v) is 2.55. The van der Waals surface area contributed by atoms with Crippen LogP contribution in [-0.4, -0.2) is 23.5 Å². The average molecular weight is 257 g/mol. The van der Waals surface area contributed by atoms with Crippen molar-refractivity contribution in [1.29, 1.82) is 0 Å². The minimum atomic E-state index is -1.24. The lowest BCUT2D eigenvalue weighted by atomic mass is 10.1. The zero-order valence-corrected chi connectivity index (χ0v) is 9.74. The highest BCUT2D eigenvalue weighted by molar-refractivity contribution is 5.94. The minimum Gasteiger partial charge on any atom is -0.481 e. The van der Waals surface area contributed by atoms with E-state index in [9.17, 15) is 18.4 Å². The summed E-state index contributed by atoms with van der Waals surface area (Å²) >= 11 is 0. The van der Waals surface area contributed by atoms with E-state index in [0.717, 1.165) is 12.1 Å². The summed E-state index contributed by atoms with van der Waals surface area (Å²) in [5, 5.41) is 11.0. The van der Waals surface area contributed by atoms with Crippen molar-refractivity contribution in [1.82, 2.24) is 5.32 Å². The number of benzene rings is 1. The van der Waals surface area contributed by atoms with E-state index >= 15 is 0 Å². The number of amides is 1. The predicted molar refractivity (Wildman–Crippen MR) is 60.1 cm³/mol. The zero-order chi connectivity index (χ0) is 13.7. The molecule has 0 saturated carbocycles. The van der Waals surface area contributed by atoms with E-state index in [-0.39, 0.29) is 6.54 Å². The Balaban J connectivity index is 2.71. The maximum atomic E-state index is 13.3. The number of carbonyl (C=O) groups excluding carboxylic acids is 1. The van der Waals surface area contributed by atoms with E-state index in [2.05, 4.69) is 5.32 Å². The number of carboxylic acid groups (broad SMARTS) is 1. The normalized spacial score (nSPS) is 11.9. The summed E-state index contributed by atoms with van der Waals surface area (Å²) in [6.45, 7) is 1.54. The van der Waals surface area contributed by atoms with Gasteiger partial charge in [0.1, 0.15) is 0 Å². The summed E-state index contributed by atoms with van der Waals surface area (Å²) in [4.78, 5) is 22.3. The molecule has 0 aliphatic rings. The highest BCUT2D eigenvalue weighted by Crippen LogP contribution is 2.11. The number of nitrogens with one attached hydrogen (secondary N) is 1. The van der Waals surface area contributed by atoms with E-state index in [4.69, 9.17) is 5.11 Å². The number of carbonyl (C=O) groups is 2. The third kappa shape index (κ3) is 3.26. The SMILES string of the molecule is CCC(CNC(=O)c1cccc(F)c1F)C(=O)O. The Bertz CT molecular complexity index is 463. The summed E-state index contributed by atoms with van der Waals surface area (Å²) in [7, 11) is 0. The lowest BCUT2D eigenvalue weighted by Crippen LogP contribution is -2.33. The lowest BCUT2D eigenvalue weighted by Gasteiger charge is -2.11. The van der Waals surface area contributed by atoms with E-state index < -0.39 is 35.0 Å². The van der Waals surface area contributed by atoms with Crippen molar-refractivity contribution in [3.63, 3.8) is 0 Å². The van der Waals surface area contributed by atoms with Gasteiger partial charge in [-0.3, -0.25) is 9.59 Å². The predicted octanol–water partition coefficient (Wildman–Crippen LogP) is 1.81. The fourth-order valence-corrected chi connectivity index (χ4v) is 1.40. The van der Waals surface area contributed by atoms with Crippen LogP contribution in [0.5, 0.6) is 0 Å². The quantitative estimate of drug-likeness (QED) is 0.845. The molecule has 18 heavy (non-hydrogen) atoms. The van der Waals surface area contributed by atoms with Crippen molar-refractivity contribution in [2.24, 2.45) is 5.92 Å². The molecule has 0 aliphatic heterocycles. The van der Waals surface area contributed by atoms with Crippen molar-refractivity contribution in [3.05, 3.63) is 35.4 Å². The van der Waals surface area contributed by atoms with Gasteiger partial charge < -0.3 is 10.4 Å². The Morgan fingerprint density at radius 2 is 2.06 bits per heavy atom. The molecule has 0 aliphatic carbocycles. The first-order valence-corrected chi connectivity index (χ1v) is 5.42. The highest BCUT2D eigenvalue weighted by atomic mass is 19.2. The van der Waals surface area contributed by atoms with Gasteiger partial charge in [0.05, 0.1) is 11.5 Å². The van der Waals surface area contributed by atoms with E-state index in [1.54, 1.807) is 6.92 Å². The van der Waals surface area contributed by atoms with Gasteiger partial charge in [-0.1, -0.05) is 13.0 Å². The molecule has 1 aromatic carbocycles. The van der Waals surface area contributed by atoms with Crippen LogP contribution in [0.2, 0.25) is 0 Å². The molecule has 1 unspecified atom stereocenters. The number of hydrogen-bond donors (Lipinski definition) is 2. The molecule has 0 heterocycles. The number of aliphatic carboxylic acids is 1. The average Bonchev–Trinajstić information content (AvgIpc) is 2.32. The van der Waals surface area contributed by atoms with Crippen LogP contribution < -0.4 is 5.32 Å². The van der Waals surface area contributed by atoms with Crippen LogP contribution in [0.3, 0.4) is 0 Å². The summed E-state index contributed by atoms with van der Waals surface area (Å²) in [6.07, 6.45) is 0.335. The molecule has 1 atom stereocenters. The molecule has 0 bridgehead atoms. The van der Waals surface area contributed by atoms with E-state index in [1.807, 2.05) is 0 Å². The Morgan fingerprint density at radius 3 is 2.61 bits per heavy atom. The smallest absolute Gasteiger partial charge is 0.308 e. The van der Waals surface area contributed by atoms with Gasteiger partial charge in [-0.25, -0.2) is 8.78 Å². The van der Waals surface area contributed by atoms with Gasteiger partial charge in [0.2, 0.25) is 0 Å². The first-order valence-electron chi connectivity index (χ1n) is 5.42. The van der Waals surface area contributed by atoms with Crippen LogP contribution in [0.15, 0.2) is 18.2 Å². The van der Waals surface area contributed by atoms with Gasteiger partial charge in [0.25, 0.3) is 5.91 Å². The molecule has 1 amide bonds. The standard InChI is InChI=1S/C12H13F2NO3/c1-2-7(12(17)18)6-15-11(16)8-4-3-5-9(13)10(8)14/h3-5,7H,2,6H2,1H3,(H,15,16)(H,17,18). The van der Waals surface area contributed by atoms with Crippen molar-refractivity contribution >= 4 is 11.9 Å². The van der Waals surface area contributed by atoms with Gasteiger partial charge in [-0.15, -0.1) is 0 Å². The number of halogens is 2. The van der Waals surface area contributed by atoms with Crippen LogP contribution >= 0.6 is 0 Å². The van der Waals surface area contributed by atoms with Crippen LogP contribution in [0, 0.1) is 17.6 Å². The number of hydrogen-bond acceptors (Lipinski definition) is 2. The second kappa shape index (κ2) is 6.09. The third-order valence-electron chi connectivity index (χ3n) is 2.55.